The predicted octanol–water partition coefficient (Wildman–Crippen LogP) is 3.05. The van der Waals surface area contributed by atoms with Crippen LogP contribution in [-0.2, 0) is 0 Å². The maximum absolute atomic E-state index is 4.49. The van der Waals surface area contributed by atoms with Crippen molar-refractivity contribution in [2.75, 3.05) is 29.9 Å². The summed E-state index contributed by atoms with van der Waals surface area (Å²) in [6.07, 6.45) is 5.72. The van der Waals surface area contributed by atoms with Crippen molar-refractivity contribution in [3.8, 4) is 0 Å². The molecule has 0 N–H and O–H groups in total. The average Bonchev–Trinajstić information content (AvgIpc) is 2.55. The Kier molecular flexibility index (Phi) is 4.57. The first-order valence-electron chi connectivity index (χ1n) is 7.51. The molecule has 6 heteroatoms. The van der Waals surface area contributed by atoms with Crippen LogP contribution in [0.2, 0.25) is 0 Å². The van der Waals surface area contributed by atoms with E-state index in [4.69, 9.17) is 0 Å². The molecule has 116 valence electrons. The second-order valence-corrected chi connectivity index (χ2v) is 6.60. The third-order valence-electron chi connectivity index (χ3n) is 4.20. The zero-order valence-corrected chi connectivity index (χ0v) is 14.5. The predicted molar refractivity (Wildman–Crippen MR) is 92.3 cm³/mol. The normalized spacial score (nSPS) is 15.9. The maximum Gasteiger partial charge on any atom is 0.132 e. The minimum Gasteiger partial charge on any atom is -0.356 e. The Hall–Kier alpha value is -1.69. The topological polar surface area (TPSA) is 45.2 Å². The summed E-state index contributed by atoms with van der Waals surface area (Å²) in [7, 11) is 2.12. The van der Waals surface area contributed by atoms with E-state index >= 15 is 0 Å². The van der Waals surface area contributed by atoms with E-state index in [2.05, 4.69) is 53.8 Å². The molecule has 0 amide bonds. The van der Waals surface area contributed by atoms with Gasteiger partial charge in [-0.05, 0) is 47.8 Å². The molecule has 0 saturated carbocycles. The molecule has 0 spiro atoms. The third kappa shape index (κ3) is 3.38. The van der Waals surface area contributed by atoms with E-state index in [0.717, 1.165) is 47.7 Å². The van der Waals surface area contributed by atoms with E-state index < -0.39 is 0 Å². The molecule has 0 unspecified atom stereocenters. The fourth-order valence-electron chi connectivity index (χ4n) is 2.86. The van der Waals surface area contributed by atoms with Gasteiger partial charge in [-0.25, -0.2) is 15.0 Å². The highest BCUT2D eigenvalue weighted by Gasteiger charge is 2.24. The summed E-state index contributed by atoms with van der Waals surface area (Å²) in [5.41, 5.74) is 1.01. The van der Waals surface area contributed by atoms with Crippen molar-refractivity contribution in [1.82, 2.24) is 15.0 Å². The minimum atomic E-state index is 0.515. The van der Waals surface area contributed by atoms with Crippen molar-refractivity contribution in [2.45, 2.75) is 25.8 Å². The first kappa shape index (κ1) is 15.2. The van der Waals surface area contributed by atoms with Crippen LogP contribution in [0.4, 0.5) is 11.6 Å². The van der Waals surface area contributed by atoms with Crippen LogP contribution in [0.3, 0.4) is 0 Å². The number of nitrogens with zero attached hydrogens (tertiary/aromatic N) is 5. The van der Waals surface area contributed by atoms with Gasteiger partial charge in [0.15, 0.2) is 0 Å². The van der Waals surface area contributed by atoms with Crippen LogP contribution in [0.15, 0.2) is 35.2 Å². The maximum atomic E-state index is 4.49. The summed E-state index contributed by atoms with van der Waals surface area (Å²) in [5.74, 6) is 2.06. The summed E-state index contributed by atoms with van der Waals surface area (Å²) in [5, 5.41) is 0. The Morgan fingerprint density at radius 1 is 1.18 bits per heavy atom. The third-order valence-corrected chi connectivity index (χ3v) is 4.67. The van der Waals surface area contributed by atoms with Gasteiger partial charge in [0.05, 0.1) is 0 Å². The number of pyridine rings is 1. The quantitative estimate of drug-likeness (QED) is 0.840. The number of aromatic nitrogens is 3. The lowest BCUT2D eigenvalue weighted by molar-refractivity contribution is 0.478. The molecule has 2 aromatic heterocycles. The number of piperidine rings is 1. The van der Waals surface area contributed by atoms with Crippen LogP contribution in [-0.4, -0.2) is 41.1 Å². The Balaban J connectivity index is 1.62. The summed E-state index contributed by atoms with van der Waals surface area (Å²) < 4.78 is 1.02. The lowest BCUT2D eigenvalue weighted by atomic mass is 10.0. The van der Waals surface area contributed by atoms with E-state index in [1.165, 1.54) is 0 Å². The van der Waals surface area contributed by atoms with Crippen molar-refractivity contribution in [1.29, 1.82) is 0 Å². The van der Waals surface area contributed by atoms with Crippen LogP contribution in [0.25, 0.3) is 0 Å². The van der Waals surface area contributed by atoms with Gasteiger partial charge in [-0.2, -0.15) is 0 Å². The molecule has 1 aliphatic rings. The molecular formula is C16H20BrN5. The molecular weight excluding hydrogens is 342 g/mol. The molecule has 1 saturated heterocycles. The van der Waals surface area contributed by atoms with Gasteiger partial charge in [-0.1, -0.05) is 0 Å². The first-order chi connectivity index (χ1) is 10.6. The van der Waals surface area contributed by atoms with E-state index in [9.17, 15) is 0 Å². The molecule has 0 aromatic carbocycles. The summed E-state index contributed by atoms with van der Waals surface area (Å²) in [6, 6.07) is 6.68. The Morgan fingerprint density at radius 2 is 1.95 bits per heavy atom. The molecule has 0 atom stereocenters. The number of aryl methyl sites for hydroxylation is 1. The van der Waals surface area contributed by atoms with Crippen LogP contribution < -0.4 is 9.80 Å². The number of hydrogen-bond donors (Lipinski definition) is 0. The van der Waals surface area contributed by atoms with Crippen molar-refractivity contribution in [3.63, 3.8) is 0 Å². The van der Waals surface area contributed by atoms with E-state index in [0.29, 0.717) is 6.04 Å². The van der Waals surface area contributed by atoms with Crippen LogP contribution in [0.5, 0.6) is 0 Å². The Labute approximate surface area is 139 Å². The van der Waals surface area contributed by atoms with Crippen molar-refractivity contribution in [2.24, 2.45) is 0 Å². The molecule has 22 heavy (non-hydrogen) atoms. The summed E-state index contributed by atoms with van der Waals surface area (Å²) in [6.45, 7) is 4.04. The zero-order valence-electron chi connectivity index (χ0n) is 12.9. The monoisotopic (exact) mass is 361 g/mol. The molecule has 1 aliphatic heterocycles. The fraction of sp³-hybridized carbons (Fsp3) is 0.438. The van der Waals surface area contributed by atoms with Crippen LogP contribution >= 0.6 is 15.9 Å². The van der Waals surface area contributed by atoms with E-state index in [-0.39, 0.29) is 0 Å². The van der Waals surface area contributed by atoms with Gasteiger partial charge in [0.1, 0.15) is 18.0 Å². The van der Waals surface area contributed by atoms with E-state index in [1.54, 1.807) is 6.33 Å². The SMILES string of the molecule is Cc1cc(N(C)C2CCN(c3ccc(Br)cn3)CC2)ncn1. The number of anilines is 2. The molecule has 0 aliphatic carbocycles. The molecule has 0 radical (unpaired) electrons. The highest BCUT2D eigenvalue weighted by molar-refractivity contribution is 9.10. The van der Waals surface area contributed by atoms with Crippen molar-refractivity contribution >= 4 is 27.6 Å². The number of rotatable bonds is 3. The van der Waals surface area contributed by atoms with Crippen molar-refractivity contribution in [3.05, 3.63) is 40.9 Å². The molecule has 3 heterocycles. The zero-order chi connectivity index (χ0) is 15.5. The highest BCUT2D eigenvalue weighted by Crippen LogP contribution is 2.24. The van der Waals surface area contributed by atoms with Crippen LogP contribution in [0, 0.1) is 6.92 Å². The second kappa shape index (κ2) is 6.60. The first-order valence-corrected chi connectivity index (χ1v) is 8.31. The van der Waals surface area contributed by atoms with Gasteiger partial charge in [0.25, 0.3) is 0 Å². The lowest BCUT2D eigenvalue weighted by Gasteiger charge is -2.37. The molecule has 5 nitrogen and oxygen atoms in total. The summed E-state index contributed by atoms with van der Waals surface area (Å²) >= 11 is 3.43. The van der Waals surface area contributed by atoms with Crippen molar-refractivity contribution < 1.29 is 0 Å². The fourth-order valence-corrected chi connectivity index (χ4v) is 3.09. The van der Waals surface area contributed by atoms with Gasteiger partial charge in [-0.3, -0.25) is 0 Å². The number of hydrogen-bond acceptors (Lipinski definition) is 5. The molecule has 3 rings (SSSR count). The Morgan fingerprint density at radius 3 is 2.59 bits per heavy atom. The average molecular weight is 362 g/mol. The summed E-state index contributed by atoms with van der Waals surface area (Å²) in [4.78, 5) is 17.7. The smallest absolute Gasteiger partial charge is 0.132 e. The van der Waals surface area contributed by atoms with E-state index in [1.807, 2.05) is 25.3 Å². The molecule has 2 aromatic rings. The standard InChI is InChI=1S/C16H20BrN5/c1-12-9-16(20-11-19-12)21(2)14-5-7-22(8-6-14)15-4-3-13(17)10-18-15/h3-4,9-11,14H,5-8H2,1-2H3. The lowest BCUT2D eigenvalue weighted by Crippen LogP contribution is -2.44. The van der Waals surface area contributed by atoms with Gasteiger partial charge < -0.3 is 9.80 Å². The van der Waals surface area contributed by atoms with Crippen LogP contribution in [0.1, 0.15) is 18.5 Å². The Bertz CT molecular complexity index is 623. The number of halogens is 1. The van der Waals surface area contributed by atoms with Gasteiger partial charge in [0.2, 0.25) is 0 Å². The highest BCUT2D eigenvalue weighted by atomic mass is 79.9. The minimum absolute atomic E-state index is 0.515. The van der Waals surface area contributed by atoms with Gasteiger partial charge >= 0.3 is 0 Å². The van der Waals surface area contributed by atoms with Gasteiger partial charge in [-0.15, -0.1) is 0 Å². The molecule has 1 fully saturated rings. The largest absolute Gasteiger partial charge is 0.356 e. The second-order valence-electron chi connectivity index (χ2n) is 5.68. The molecule has 0 bridgehead atoms. The van der Waals surface area contributed by atoms with Gasteiger partial charge in [0, 0.05) is 48.6 Å².